The summed E-state index contributed by atoms with van der Waals surface area (Å²) in [6, 6.07) is 25.9. The van der Waals surface area contributed by atoms with E-state index < -0.39 is 28.5 Å². The maximum absolute atomic E-state index is 14.4. The summed E-state index contributed by atoms with van der Waals surface area (Å²) < 4.78 is 29.2. The first-order valence-corrected chi connectivity index (χ1v) is 17.0. The maximum atomic E-state index is 14.4. The highest BCUT2D eigenvalue weighted by molar-refractivity contribution is 7.92. The van der Waals surface area contributed by atoms with Gasteiger partial charge in [0.05, 0.1) is 20.6 Å². The van der Waals surface area contributed by atoms with E-state index in [1.165, 1.54) is 17.0 Å². The van der Waals surface area contributed by atoms with Crippen LogP contribution in [0.3, 0.4) is 0 Å². The molecule has 0 aliphatic rings. The van der Waals surface area contributed by atoms with Crippen LogP contribution in [0.15, 0.2) is 102 Å². The molecule has 2 amide bonds. The summed E-state index contributed by atoms with van der Waals surface area (Å²) in [6.45, 7) is 3.61. The van der Waals surface area contributed by atoms with Crippen LogP contribution < -0.4 is 9.62 Å². The number of carbonyl (C=O) groups excluding carboxylic acids is 2. The Bertz CT molecular complexity index is 1720. The Hall–Kier alpha value is -3.56. The van der Waals surface area contributed by atoms with Gasteiger partial charge in [0, 0.05) is 24.5 Å². The van der Waals surface area contributed by atoms with Gasteiger partial charge >= 0.3 is 0 Å². The molecule has 11 heteroatoms. The summed E-state index contributed by atoms with van der Waals surface area (Å²) in [5.74, 6) is -0.937. The van der Waals surface area contributed by atoms with Crippen molar-refractivity contribution in [3.63, 3.8) is 0 Å². The molecule has 0 aromatic heterocycles. The third-order valence-electron chi connectivity index (χ3n) is 7.16. The fourth-order valence-electron chi connectivity index (χ4n) is 4.73. The number of benzene rings is 4. The van der Waals surface area contributed by atoms with Gasteiger partial charge in [0.2, 0.25) is 11.8 Å². The first kappa shape index (κ1) is 34.3. The fraction of sp³-hybridized carbons (Fsp3) is 0.235. The zero-order valence-corrected chi connectivity index (χ0v) is 28.0. The zero-order valence-electron chi connectivity index (χ0n) is 24.9. The number of amides is 2. The van der Waals surface area contributed by atoms with E-state index in [4.69, 9.17) is 34.8 Å². The van der Waals surface area contributed by atoms with Crippen LogP contribution in [0, 0.1) is 6.92 Å². The molecular weight excluding hydrogens is 653 g/mol. The predicted octanol–water partition coefficient (Wildman–Crippen LogP) is 7.32. The second-order valence-corrected chi connectivity index (χ2v) is 13.7. The van der Waals surface area contributed by atoms with Crippen molar-refractivity contribution in [3.8, 4) is 0 Å². The number of nitrogens with zero attached hydrogens (tertiary/aromatic N) is 2. The van der Waals surface area contributed by atoms with Crippen molar-refractivity contribution in [2.45, 2.75) is 44.2 Å². The largest absolute Gasteiger partial charge is 0.354 e. The first-order chi connectivity index (χ1) is 21.5. The lowest BCUT2D eigenvalue weighted by atomic mass is 10.0. The summed E-state index contributed by atoms with van der Waals surface area (Å²) in [4.78, 5) is 29.6. The van der Waals surface area contributed by atoms with Crippen LogP contribution in [-0.4, -0.2) is 44.3 Å². The molecule has 1 N–H and O–H groups in total. The molecule has 4 rings (SSSR count). The highest BCUT2D eigenvalue weighted by atomic mass is 35.5. The van der Waals surface area contributed by atoms with Gasteiger partial charge in [-0.1, -0.05) is 95.8 Å². The maximum Gasteiger partial charge on any atom is 0.264 e. The van der Waals surface area contributed by atoms with E-state index in [0.717, 1.165) is 15.4 Å². The topological polar surface area (TPSA) is 86.8 Å². The minimum Gasteiger partial charge on any atom is -0.354 e. The number of nitrogens with one attached hydrogen (secondary N) is 1. The molecule has 0 radical (unpaired) electrons. The molecule has 0 unspecified atom stereocenters. The molecule has 0 aliphatic carbocycles. The summed E-state index contributed by atoms with van der Waals surface area (Å²) >= 11 is 18.6. The number of carbonyl (C=O) groups is 2. The Balaban J connectivity index is 1.80. The van der Waals surface area contributed by atoms with Crippen LogP contribution in [0.2, 0.25) is 15.1 Å². The monoisotopic (exact) mass is 685 g/mol. The molecule has 7 nitrogen and oxygen atoms in total. The number of rotatable bonds is 13. The van der Waals surface area contributed by atoms with Gasteiger partial charge in [-0.25, -0.2) is 8.42 Å². The van der Waals surface area contributed by atoms with Crippen molar-refractivity contribution in [3.05, 3.63) is 129 Å². The van der Waals surface area contributed by atoms with Crippen LogP contribution >= 0.6 is 34.8 Å². The average molecular weight is 687 g/mol. The molecule has 0 fully saturated rings. The Morgan fingerprint density at radius 1 is 0.822 bits per heavy atom. The summed E-state index contributed by atoms with van der Waals surface area (Å²) in [5, 5.41) is 3.97. The molecule has 0 heterocycles. The number of sulfonamides is 1. The van der Waals surface area contributed by atoms with Crippen LogP contribution in [-0.2, 0) is 32.6 Å². The molecule has 236 valence electrons. The van der Waals surface area contributed by atoms with E-state index in [2.05, 4.69) is 5.32 Å². The SMILES string of the molecule is CCCNC(=O)[C@H](Cc1ccccc1)N(Cc1ccc(Cl)c(Cl)c1)C(=O)CN(c1ccc(Cl)cc1)S(=O)(=O)c1ccc(C)cc1. The minimum atomic E-state index is -4.21. The fourth-order valence-corrected chi connectivity index (χ4v) is 6.59. The number of anilines is 1. The van der Waals surface area contributed by atoms with Crippen molar-refractivity contribution in [1.29, 1.82) is 0 Å². The van der Waals surface area contributed by atoms with Crippen LogP contribution in [0.1, 0.15) is 30.0 Å². The standard InChI is InChI=1S/C34H34Cl3N3O4S/c1-3-19-38-34(42)32(21-25-7-5-4-6-8-25)39(22-26-11-18-30(36)31(37)20-26)33(41)23-40(28-14-12-27(35)13-15-28)45(43,44)29-16-9-24(2)10-17-29/h4-18,20,32H,3,19,21-23H2,1-2H3,(H,38,42)/t32-/m0/s1. The number of hydrogen-bond acceptors (Lipinski definition) is 4. The number of aryl methyl sites for hydroxylation is 1. The van der Waals surface area contributed by atoms with Gasteiger partial charge in [-0.3, -0.25) is 13.9 Å². The highest BCUT2D eigenvalue weighted by Crippen LogP contribution is 2.28. The number of hydrogen-bond donors (Lipinski definition) is 1. The van der Waals surface area contributed by atoms with Gasteiger partial charge in [0.25, 0.3) is 10.0 Å². The Kier molecular flexibility index (Phi) is 11.9. The van der Waals surface area contributed by atoms with Gasteiger partial charge in [0.1, 0.15) is 12.6 Å². The van der Waals surface area contributed by atoms with E-state index in [1.807, 2.05) is 44.2 Å². The molecule has 4 aromatic carbocycles. The molecule has 1 atom stereocenters. The van der Waals surface area contributed by atoms with E-state index in [1.54, 1.807) is 54.6 Å². The molecule has 0 saturated carbocycles. The second kappa shape index (κ2) is 15.6. The summed E-state index contributed by atoms with van der Waals surface area (Å²) in [6.07, 6.45) is 0.902. The third-order valence-corrected chi connectivity index (χ3v) is 9.94. The van der Waals surface area contributed by atoms with E-state index >= 15 is 0 Å². The Labute approximate surface area is 279 Å². The molecule has 0 bridgehead atoms. The molecule has 0 aliphatic heterocycles. The van der Waals surface area contributed by atoms with E-state index in [-0.39, 0.29) is 29.5 Å². The lowest BCUT2D eigenvalue weighted by Crippen LogP contribution is -2.53. The molecule has 45 heavy (non-hydrogen) atoms. The molecule has 0 saturated heterocycles. The van der Waals surface area contributed by atoms with Crippen molar-refractivity contribution in [1.82, 2.24) is 10.2 Å². The molecule has 4 aromatic rings. The van der Waals surface area contributed by atoms with Gasteiger partial charge in [0.15, 0.2) is 0 Å². The van der Waals surface area contributed by atoms with Gasteiger partial charge in [-0.2, -0.15) is 0 Å². The lowest BCUT2D eigenvalue weighted by Gasteiger charge is -2.34. The average Bonchev–Trinajstić information content (AvgIpc) is 3.03. The van der Waals surface area contributed by atoms with Crippen LogP contribution in [0.25, 0.3) is 0 Å². The quantitative estimate of drug-likeness (QED) is 0.160. The Morgan fingerprint density at radius 3 is 2.11 bits per heavy atom. The third kappa shape index (κ3) is 9.01. The number of halogens is 3. The van der Waals surface area contributed by atoms with Crippen LogP contribution in [0.4, 0.5) is 5.69 Å². The Morgan fingerprint density at radius 2 is 1.49 bits per heavy atom. The molecule has 0 spiro atoms. The van der Waals surface area contributed by atoms with Gasteiger partial charge in [-0.05, 0) is 73.0 Å². The minimum absolute atomic E-state index is 0.0217. The summed E-state index contributed by atoms with van der Waals surface area (Å²) in [5.41, 5.74) is 2.59. The van der Waals surface area contributed by atoms with Crippen molar-refractivity contribution >= 4 is 62.3 Å². The van der Waals surface area contributed by atoms with Gasteiger partial charge < -0.3 is 10.2 Å². The first-order valence-electron chi connectivity index (χ1n) is 14.4. The van der Waals surface area contributed by atoms with Crippen molar-refractivity contribution < 1.29 is 18.0 Å². The second-order valence-electron chi connectivity index (χ2n) is 10.6. The lowest BCUT2D eigenvalue weighted by molar-refractivity contribution is -0.140. The normalized spacial score (nSPS) is 11.9. The van der Waals surface area contributed by atoms with E-state index in [0.29, 0.717) is 33.6 Å². The smallest absolute Gasteiger partial charge is 0.264 e. The zero-order chi connectivity index (χ0) is 32.6. The van der Waals surface area contributed by atoms with Crippen LogP contribution in [0.5, 0.6) is 0 Å². The van der Waals surface area contributed by atoms with E-state index in [9.17, 15) is 18.0 Å². The predicted molar refractivity (Wildman–Crippen MR) is 181 cm³/mol. The van der Waals surface area contributed by atoms with Gasteiger partial charge in [-0.15, -0.1) is 0 Å². The summed E-state index contributed by atoms with van der Waals surface area (Å²) in [7, 11) is -4.21. The molecular formula is C34H34Cl3N3O4S. The van der Waals surface area contributed by atoms with Crippen molar-refractivity contribution in [2.24, 2.45) is 0 Å². The highest BCUT2D eigenvalue weighted by Gasteiger charge is 2.34. The van der Waals surface area contributed by atoms with Crippen molar-refractivity contribution in [2.75, 3.05) is 17.4 Å².